The SMILES string of the molecule is CC(C)C(NC(=O)CCCCCN1C(=O)C=CC1=O)C(=O)N[C@@H](CCCNC(N)=O)C(=O)Nc1ccc(CO)cc1. The Hall–Kier alpha value is -4.26. The van der Waals surface area contributed by atoms with E-state index < -0.39 is 29.9 Å². The number of aliphatic hydroxyl groups excluding tert-OH is 1. The molecule has 7 N–H and O–H groups in total. The van der Waals surface area contributed by atoms with E-state index in [0.29, 0.717) is 36.9 Å². The number of nitrogens with two attached hydrogens (primary N) is 1. The van der Waals surface area contributed by atoms with Gasteiger partial charge in [0.1, 0.15) is 12.1 Å². The average Bonchev–Trinajstić information content (AvgIpc) is 3.25. The second-order valence-corrected chi connectivity index (χ2v) is 10.1. The molecule has 1 heterocycles. The van der Waals surface area contributed by atoms with Crippen LogP contribution in [0.25, 0.3) is 0 Å². The minimum atomic E-state index is -0.960. The van der Waals surface area contributed by atoms with E-state index in [9.17, 15) is 33.9 Å². The summed E-state index contributed by atoms with van der Waals surface area (Å²) in [5, 5.41) is 19.9. The predicted octanol–water partition coefficient (Wildman–Crippen LogP) is 0.677. The van der Waals surface area contributed by atoms with Crippen molar-refractivity contribution in [2.45, 2.75) is 71.1 Å². The molecule has 1 aliphatic heterocycles. The Morgan fingerprint density at radius 1 is 0.902 bits per heavy atom. The van der Waals surface area contributed by atoms with E-state index in [1.807, 2.05) is 0 Å². The predicted molar refractivity (Wildman–Crippen MR) is 151 cm³/mol. The van der Waals surface area contributed by atoms with Crippen molar-refractivity contribution in [2.75, 3.05) is 18.4 Å². The maximum Gasteiger partial charge on any atom is 0.312 e. The highest BCUT2D eigenvalue weighted by atomic mass is 16.3. The van der Waals surface area contributed by atoms with Crippen molar-refractivity contribution >= 4 is 41.3 Å². The van der Waals surface area contributed by atoms with Gasteiger partial charge in [-0.05, 0) is 49.3 Å². The number of nitrogens with one attached hydrogen (secondary N) is 4. The van der Waals surface area contributed by atoms with Crippen molar-refractivity contribution in [2.24, 2.45) is 11.7 Å². The van der Waals surface area contributed by atoms with E-state index in [1.165, 1.54) is 12.2 Å². The fraction of sp³-hybridized carbons (Fsp3) is 0.500. The number of nitrogens with zero attached hydrogens (tertiary/aromatic N) is 1. The van der Waals surface area contributed by atoms with Gasteiger partial charge in [0.2, 0.25) is 17.7 Å². The summed E-state index contributed by atoms with van der Waals surface area (Å²) >= 11 is 0. The second kappa shape index (κ2) is 16.8. The zero-order chi connectivity index (χ0) is 30.4. The first-order valence-electron chi connectivity index (χ1n) is 13.7. The highest BCUT2D eigenvalue weighted by Crippen LogP contribution is 2.12. The summed E-state index contributed by atoms with van der Waals surface area (Å²) in [5.74, 6) is -2.28. The van der Waals surface area contributed by atoms with Crippen LogP contribution in [0.5, 0.6) is 0 Å². The third kappa shape index (κ3) is 11.4. The molecule has 0 bridgehead atoms. The molecular weight excluding hydrogens is 532 g/mol. The maximum atomic E-state index is 13.2. The Bertz CT molecular complexity index is 1100. The minimum absolute atomic E-state index is 0.138. The molecule has 2 atom stereocenters. The summed E-state index contributed by atoms with van der Waals surface area (Å²) in [6, 6.07) is 4.03. The third-order valence-corrected chi connectivity index (χ3v) is 6.46. The summed E-state index contributed by atoms with van der Waals surface area (Å²) in [4.78, 5) is 74.2. The first kappa shape index (κ1) is 32.9. The molecule has 0 fully saturated rings. The van der Waals surface area contributed by atoms with Crippen molar-refractivity contribution in [3.05, 3.63) is 42.0 Å². The molecule has 224 valence electrons. The van der Waals surface area contributed by atoms with Crippen molar-refractivity contribution < 1.29 is 33.9 Å². The number of carbonyl (C=O) groups excluding carboxylic acids is 6. The fourth-order valence-corrected chi connectivity index (χ4v) is 4.14. The number of imide groups is 1. The van der Waals surface area contributed by atoms with Gasteiger partial charge in [0.05, 0.1) is 6.61 Å². The van der Waals surface area contributed by atoms with Crippen LogP contribution in [-0.4, -0.2) is 70.7 Å². The minimum Gasteiger partial charge on any atom is -0.392 e. The first-order chi connectivity index (χ1) is 19.5. The Kier molecular flexibility index (Phi) is 13.5. The lowest BCUT2D eigenvalue weighted by Crippen LogP contribution is -2.54. The number of primary amides is 1. The summed E-state index contributed by atoms with van der Waals surface area (Å²) in [6.07, 6.45) is 4.85. The lowest BCUT2D eigenvalue weighted by Gasteiger charge is -2.25. The molecule has 13 heteroatoms. The Morgan fingerprint density at radius 3 is 2.15 bits per heavy atom. The van der Waals surface area contributed by atoms with E-state index >= 15 is 0 Å². The Balaban J connectivity index is 1.92. The number of carbonyl (C=O) groups is 6. The number of amides is 7. The molecular formula is C28H40N6O7. The highest BCUT2D eigenvalue weighted by Gasteiger charge is 2.29. The van der Waals surface area contributed by atoms with Gasteiger partial charge in [-0.25, -0.2) is 4.79 Å². The zero-order valence-electron chi connectivity index (χ0n) is 23.5. The van der Waals surface area contributed by atoms with Crippen LogP contribution in [0, 0.1) is 5.92 Å². The van der Waals surface area contributed by atoms with Crippen molar-refractivity contribution in [3.63, 3.8) is 0 Å². The van der Waals surface area contributed by atoms with Gasteiger partial charge >= 0.3 is 6.03 Å². The van der Waals surface area contributed by atoms with Gasteiger partial charge in [-0.1, -0.05) is 32.4 Å². The molecule has 1 unspecified atom stereocenters. The standard InChI is InChI=1S/C28H40N6O7/c1-18(2)25(33-22(36)8-4-3-5-16-34-23(37)13-14-24(34)38)27(40)32-21(7-6-15-30-28(29)41)26(39)31-20-11-9-19(17-35)10-12-20/h9-14,18,21,25,35H,3-8,15-17H2,1-2H3,(H,31,39)(H,32,40)(H,33,36)(H3,29,30,41)/t21-,25?/m0/s1. The monoisotopic (exact) mass is 572 g/mol. The Labute approximate surface area is 239 Å². The van der Waals surface area contributed by atoms with Gasteiger partial charge in [-0.2, -0.15) is 0 Å². The Morgan fingerprint density at radius 2 is 1.56 bits per heavy atom. The molecule has 1 aromatic rings. The third-order valence-electron chi connectivity index (χ3n) is 6.46. The van der Waals surface area contributed by atoms with E-state index in [4.69, 9.17) is 5.73 Å². The summed E-state index contributed by atoms with van der Waals surface area (Å²) in [7, 11) is 0. The van der Waals surface area contributed by atoms with Gasteiger partial charge in [0.25, 0.3) is 11.8 Å². The van der Waals surface area contributed by atoms with Gasteiger partial charge < -0.3 is 32.1 Å². The van der Waals surface area contributed by atoms with E-state index in [0.717, 1.165) is 4.90 Å². The summed E-state index contributed by atoms with van der Waals surface area (Å²) in [5.41, 5.74) is 6.25. The number of hydrogen-bond donors (Lipinski definition) is 6. The molecule has 1 aromatic carbocycles. The number of unbranched alkanes of at least 4 members (excludes halogenated alkanes) is 2. The number of aliphatic hydroxyl groups is 1. The van der Waals surface area contributed by atoms with E-state index in [-0.39, 0.29) is 56.2 Å². The average molecular weight is 573 g/mol. The second-order valence-electron chi connectivity index (χ2n) is 10.1. The van der Waals surface area contributed by atoms with Gasteiger partial charge in [-0.3, -0.25) is 28.9 Å². The molecule has 2 rings (SSSR count). The molecule has 0 aliphatic carbocycles. The van der Waals surface area contributed by atoms with Crippen molar-refractivity contribution in [1.29, 1.82) is 0 Å². The quantitative estimate of drug-likeness (QED) is 0.116. The number of anilines is 1. The number of rotatable bonds is 17. The van der Waals surface area contributed by atoms with Gasteiger partial charge in [0.15, 0.2) is 0 Å². The van der Waals surface area contributed by atoms with Gasteiger partial charge in [-0.15, -0.1) is 0 Å². The fourth-order valence-electron chi connectivity index (χ4n) is 4.14. The number of hydrogen-bond acceptors (Lipinski definition) is 7. The maximum absolute atomic E-state index is 13.2. The van der Waals surface area contributed by atoms with Crippen LogP contribution in [0.2, 0.25) is 0 Å². The summed E-state index contributed by atoms with van der Waals surface area (Å²) in [6.45, 7) is 3.91. The topological polar surface area (TPSA) is 200 Å². The highest BCUT2D eigenvalue weighted by molar-refractivity contribution is 6.12. The van der Waals surface area contributed by atoms with Crippen molar-refractivity contribution in [1.82, 2.24) is 20.9 Å². The lowest BCUT2D eigenvalue weighted by molar-refractivity contribution is -0.137. The molecule has 0 radical (unpaired) electrons. The zero-order valence-corrected chi connectivity index (χ0v) is 23.5. The molecule has 0 spiro atoms. The molecule has 41 heavy (non-hydrogen) atoms. The first-order valence-corrected chi connectivity index (χ1v) is 13.7. The van der Waals surface area contributed by atoms with Crippen LogP contribution in [0.3, 0.4) is 0 Å². The van der Waals surface area contributed by atoms with Crippen LogP contribution < -0.4 is 27.0 Å². The van der Waals surface area contributed by atoms with Crippen LogP contribution in [0.15, 0.2) is 36.4 Å². The number of benzene rings is 1. The summed E-state index contributed by atoms with van der Waals surface area (Å²) < 4.78 is 0. The van der Waals surface area contributed by atoms with Crippen LogP contribution in [0.1, 0.15) is 57.9 Å². The molecule has 1 aliphatic rings. The molecule has 13 nitrogen and oxygen atoms in total. The normalized spacial score (nSPS) is 14.1. The van der Waals surface area contributed by atoms with Crippen LogP contribution in [-0.2, 0) is 30.6 Å². The van der Waals surface area contributed by atoms with Gasteiger partial charge in [0, 0.05) is 37.3 Å². The van der Waals surface area contributed by atoms with Crippen LogP contribution in [0.4, 0.5) is 10.5 Å². The lowest BCUT2D eigenvalue weighted by atomic mass is 10.0. The van der Waals surface area contributed by atoms with E-state index in [2.05, 4.69) is 21.3 Å². The number of urea groups is 1. The smallest absolute Gasteiger partial charge is 0.312 e. The molecule has 0 saturated heterocycles. The molecule has 0 aromatic heterocycles. The van der Waals surface area contributed by atoms with E-state index in [1.54, 1.807) is 38.1 Å². The van der Waals surface area contributed by atoms with Crippen LogP contribution >= 0.6 is 0 Å². The van der Waals surface area contributed by atoms with Crippen molar-refractivity contribution in [3.8, 4) is 0 Å². The molecule has 0 saturated carbocycles. The largest absolute Gasteiger partial charge is 0.392 e. The molecule has 7 amide bonds.